The SMILES string of the molecule is CCC1CCC(N(C)CC(C)(C)N)CC1. The van der Waals surface area contributed by atoms with E-state index in [0.717, 1.165) is 18.5 Å². The third-order valence-electron chi connectivity index (χ3n) is 3.67. The Labute approximate surface area is 95.2 Å². The molecule has 0 unspecified atom stereocenters. The van der Waals surface area contributed by atoms with E-state index in [-0.39, 0.29) is 5.54 Å². The molecule has 15 heavy (non-hydrogen) atoms. The zero-order valence-corrected chi connectivity index (χ0v) is 10.9. The van der Waals surface area contributed by atoms with Gasteiger partial charge in [0.2, 0.25) is 0 Å². The summed E-state index contributed by atoms with van der Waals surface area (Å²) >= 11 is 0. The van der Waals surface area contributed by atoms with Crippen LogP contribution in [0.25, 0.3) is 0 Å². The predicted octanol–water partition coefficient (Wildman–Crippen LogP) is 2.62. The van der Waals surface area contributed by atoms with E-state index in [4.69, 9.17) is 5.73 Å². The Hall–Kier alpha value is -0.0800. The van der Waals surface area contributed by atoms with Gasteiger partial charge >= 0.3 is 0 Å². The van der Waals surface area contributed by atoms with E-state index in [1.807, 2.05) is 0 Å². The van der Waals surface area contributed by atoms with Gasteiger partial charge in [-0.25, -0.2) is 0 Å². The minimum Gasteiger partial charge on any atom is -0.324 e. The van der Waals surface area contributed by atoms with E-state index in [1.165, 1.54) is 32.1 Å². The van der Waals surface area contributed by atoms with Crippen molar-refractivity contribution in [3.63, 3.8) is 0 Å². The van der Waals surface area contributed by atoms with Crippen molar-refractivity contribution in [2.24, 2.45) is 11.7 Å². The quantitative estimate of drug-likeness (QED) is 0.776. The Morgan fingerprint density at radius 3 is 2.13 bits per heavy atom. The molecule has 0 saturated heterocycles. The lowest BCUT2D eigenvalue weighted by molar-refractivity contribution is 0.142. The fourth-order valence-electron chi connectivity index (χ4n) is 2.77. The van der Waals surface area contributed by atoms with Gasteiger partial charge in [-0.05, 0) is 52.5 Å². The Bertz CT molecular complexity index is 175. The zero-order valence-electron chi connectivity index (χ0n) is 10.9. The maximum absolute atomic E-state index is 6.05. The zero-order chi connectivity index (χ0) is 11.5. The molecule has 0 aromatic rings. The van der Waals surface area contributed by atoms with Crippen molar-refractivity contribution in [2.45, 2.75) is 64.5 Å². The average molecular weight is 212 g/mol. The van der Waals surface area contributed by atoms with Crippen LogP contribution in [0.1, 0.15) is 52.9 Å². The van der Waals surface area contributed by atoms with Gasteiger partial charge in [0, 0.05) is 18.1 Å². The fraction of sp³-hybridized carbons (Fsp3) is 1.00. The first kappa shape index (κ1) is 13.0. The van der Waals surface area contributed by atoms with Gasteiger partial charge in [-0.3, -0.25) is 0 Å². The lowest BCUT2D eigenvalue weighted by Crippen LogP contribution is -2.48. The molecule has 2 heteroatoms. The molecule has 0 amide bonds. The average Bonchev–Trinajstić information content (AvgIpc) is 2.15. The molecule has 0 radical (unpaired) electrons. The van der Waals surface area contributed by atoms with Crippen LogP contribution in [0.15, 0.2) is 0 Å². The lowest BCUT2D eigenvalue weighted by Gasteiger charge is -2.37. The first-order valence-corrected chi connectivity index (χ1v) is 6.41. The van der Waals surface area contributed by atoms with Crippen LogP contribution in [0.5, 0.6) is 0 Å². The number of hydrogen-bond acceptors (Lipinski definition) is 2. The summed E-state index contributed by atoms with van der Waals surface area (Å²) in [5, 5.41) is 0. The predicted molar refractivity (Wildman–Crippen MR) is 66.9 cm³/mol. The van der Waals surface area contributed by atoms with Crippen molar-refractivity contribution < 1.29 is 0 Å². The van der Waals surface area contributed by atoms with Crippen LogP contribution in [-0.2, 0) is 0 Å². The van der Waals surface area contributed by atoms with Gasteiger partial charge in [0.05, 0.1) is 0 Å². The highest BCUT2D eigenvalue weighted by molar-refractivity contribution is 4.83. The summed E-state index contributed by atoms with van der Waals surface area (Å²) in [5.41, 5.74) is 6.00. The van der Waals surface area contributed by atoms with Gasteiger partial charge in [0.25, 0.3) is 0 Å². The molecular weight excluding hydrogens is 184 g/mol. The van der Waals surface area contributed by atoms with Crippen LogP contribution in [0.2, 0.25) is 0 Å². The van der Waals surface area contributed by atoms with E-state index in [9.17, 15) is 0 Å². The van der Waals surface area contributed by atoms with E-state index in [0.29, 0.717) is 0 Å². The van der Waals surface area contributed by atoms with E-state index < -0.39 is 0 Å². The van der Waals surface area contributed by atoms with Crippen LogP contribution in [0.3, 0.4) is 0 Å². The summed E-state index contributed by atoms with van der Waals surface area (Å²) in [6.07, 6.45) is 6.92. The van der Waals surface area contributed by atoms with Crippen LogP contribution < -0.4 is 5.73 Å². The van der Waals surface area contributed by atoms with Crippen molar-refractivity contribution in [1.29, 1.82) is 0 Å². The number of hydrogen-bond donors (Lipinski definition) is 1. The highest BCUT2D eigenvalue weighted by atomic mass is 15.1. The monoisotopic (exact) mass is 212 g/mol. The fourth-order valence-corrected chi connectivity index (χ4v) is 2.77. The standard InChI is InChI=1S/C13H28N2/c1-5-11-6-8-12(9-7-11)15(4)10-13(2,3)14/h11-12H,5-10,14H2,1-4H3. The Morgan fingerprint density at radius 2 is 1.73 bits per heavy atom. The molecule has 1 fully saturated rings. The van der Waals surface area contributed by atoms with Crippen LogP contribution in [0.4, 0.5) is 0 Å². The molecule has 1 aliphatic carbocycles. The normalized spacial score (nSPS) is 28.4. The van der Waals surface area contributed by atoms with Gasteiger partial charge < -0.3 is 10.6 Å². The summed E-state index contributed by atoms with van der Waals surface area (Å²) in [5.74, 6) is 0.987. The first-order chi connectivity index (χ1) is 6.92. The third kappa shape index (κ3) is 4.52. The largest absolute Gasteiger partial charge is 0.324 e. The van der Waals surface area contributed by atoms with Crippen LogP contribution in [-0.4, -0.2) is 30.1 Å². The summed E-state index contributed by atoms with van der Waals surface area (Å²) < 4.78 is 0. The summed E-state index contributed by atoms with van der Waals surface area (Å²) in [4.78, 5) is 2.46. The molecule has 2 N–H and O–H groups in total. The molecule has 1 saturated carbocycles. The smallest absolute Gasteiger partial charge is 0.0226 e. The lowest BCUT2D eigenvalue weighted by atomic mass is 9.84. The molecule has 0 atom stereocenters. The summed E-state index contributed by atoms with van der Waals surface area (Å²) in [6, 6.07) is 0.774. The molecule has 1 aliphatic rings. The van der Waals surface area contributed by atoms with Crippen molar-refractivity contribution in [1.82, 2.24) is 4.90 Å². The van der Waals surface area contributed by atoms with Crippen LogP contribution >= 0.6 is 0 Å². The molecule has 0 aromatic carbocycles. The van der Waals surface area contributed by atoms with Crippen molar-refractivity contribution >= 4 is 0 Å². The van der Waals surface area contributed by atoms with Crippen molar-refractivity contribution in [2.75, 3.05) is 13.6 Å². The van der Waals surface area contributed by atoms with E-state index in [2.05, 4.69) is 32.7 Å². The maximum Gasteiger partial charge on any atom is 0.0226 e. The minimum absolute atomic E-state index is 0.0592. The van der Waals surface area contributed by atoms with Gasteiger partial charge in [-0.15, -0.1) is 0 Å². The molecular formula is C13H28N2. The Kier molecular flexibility index (Phi) is 4.60. The Balaban J connectivity index is 2.33. The van der Waals surface area contributed by atoms with E-state index >= 15 is 0 Å². The highest BCUT2D eigenvalue weighted by Gasteiger charge is 2.25. The second-order valence-electron chi connectivity index (χ2n) is 5.99. The van der Waals surface area contributed by atoms with Gasteiger partial charge in [0.1, 0.15) is 0 Å². The maximum atomic E-state index is 6.05. The van der Waals surface area contributed by atoms with Crippen LogP contribution in [0, 0.1) is 5.92 Å². The molecule has 1 rings (SSSR count). The molecule has 0 bridgehead atoms. The number of nitrogens with zero attached hydrogens (tertiary/aromatic N) is 1. The molecule has 90 valence electrons. The minimum atomic E-state index is -0.0592. The molecule has 0 aliphatic heterocycles. The Morgan fingerprint density at radius 1 is 1.20 bits per heavy atom. The van der Waals surface area contributed by atoms with E-state index in [1.54, 1.807) is 0 Å². The summed E-state index contributed by atoms with van der Waals surface area (Å²) in [6.45, 7) is 7.55. The topological polar surface area (TPSA) is 29.3 Å². The highest BCUT2D eigenvalue weighted by Crippen LogP contribution is 2.29. The van der Waals surface area contributed by atoms with Crippen molar-refractivity contribution in [3.05, 3.63) is 0 Å². The number of rotatable bonds is 4. The molecule has 0 aromatic heterocycles. The van der Waals surface area contributed by atoms with Crippen molar-refractivity contribution in [3.8, 4) is 0 Å². The summed E-state index contributed by atoms with van der Waals surface area (Å²) in [7, 11) is 2.23. The van der Waals surface area contributed by atoms with Gasteiger partial charge in [0.15, 0.2) is 0 Å². The van der Waals surface area contributed by atoms with Gasteiger partial charge in [-0.2, -0.15) is 0 Å². The molecule has 2 nitrogen and oxygen atoms in total. The van der Waals surface area contributed by atoms with Gasteiger partial charge in [-0.1, -0.05) is 13.3 Å². The first-order valence-electron chi connectivity index (χ1n) is 6.41. The number of likely N-dealkylation sites (N-methyl/N-ethyl adjacent to an activating group) is 1. The third-order valence-corrected chi connectivity index (χ3v) is 3.67. The molecule has 0 heterocycles. The second-order valence-corrected chi connectivity index (χ2v) is 5.99. The molecule has 0 spiro atoms. The number of nitrogens with two attached hydrogens (primary N) is 1. The second kappa shape index (κ2) is 5.31.